The lowest BCUT2D eigenvalue weighted by Crippen LogP contribution is -2.14. The number of aromatic nitrogens is 1. The molecule has 0 radical (unpaired) electrons. The number of carbonyl (C=O) groups excluding carboxylic acids is 1. The quantitative estimate of drug-likeness (QED) is 0.799. The van der Waals surface area contributed by atoms with Gasteiger partial charge in [-0.3, -0.25) is 4.79 Å². The fraction of sp³-hybridized carbons (Fsp3) is 0.231. The summed E-state index contributed by atoms with van der Waals surface area (Å²) in [5, 5.41) is 23.5. The number of anilines is 1. The van der Waals surface area contributed by atoms with Crippen LogP contribution in [0.4, 0.5) is 5.13 Å². The molecule has 2 rings (SSSR count). The van der Waals surface area contributed by atoms with E-state index in [2.05, 4.69) is 10.3 Å². The number of thiazole rings is 1. The number of benzene rings is 1. The van der Waals surface area contributed by atoms with Gasteiger partial charge in [0.25, 0.3) is 0 Å². The van der Waals surface area contributed by atoms with E-state index < -0.39 is 6.10 Å². The molecule has 19 heavy (non-hydrogen) atoms. The van der Waals surface area contributed by atoms with Crippen molar-refractivity contribution in [3.8, 4) is 5.75 Å². The van der Waals surface area contributed by atoms with Crippen molar-refractivity contribution in [3.63, 3.8) is 0 Å². The van der Waals surface area contributed by atoms with E-state index in [0.29, 0.717) is 10.8 Å². The number of phenols is 1. The number of nitrogens with zero attached hydrogens (tertiary/aromatic N) is 1. The van der Waals surface area contributed by atoms with Gasteiger partial charge in [-0.1, -0.05) is 12.1 Å². The van der Waals surface area contributed by atoms with Crippen LogP contribution in [-0.4, -0.2) is 21.1 Å². The number of aliphatic hydroxyl groups is 1. The Kier molecular flexibility index (Phi) is 4.13. The summed E-state index contributed by atoms with van der Waals surface area (Å²) in [6.45, 7) is 1.62. The zero-order valence-electron chi connectivity index (χ0n) is 10.3. The van der Waals surface area contributed by atoms with Gasteiger partial charge in [-0.15, -0.1) is 11.3 Å². The SMILES string of the molecule is CC(O)c1csc(NC(=O)Cc2cccc(O)c2)n1. The van der Waals surface area contributed by atoms with Gasteiger partial charge in [0.1, 0.15) is 5.75 Å². The predicted octanol–water partition coefficient (Wildman–Crippen LogP) is 2.08. The van der Waals surface area contributed by atoms with Crippen molar-refractivity contribution in [2.75, 3.05) is 5.32 Å². The Morgan fingerprint density at radius 3 is 2.95 bits per heavy atom. The highest BCUT2D eigenvalue weighted by Crippen LogP contribution is 2.20. The van der Waals surface area contributed by atoms with Crippen LogP contribution < -0.4 is 5.32 Å². The fourth-order valence-electron chi connectivity index (χ4n) is 1.55. The molecule has 5 nitrogen and oxygen atoms in total. The lowest BCUT2D eigenvalue weighted by molar-refractivity contribution is -0.115. The van der Waals surface area contributed by atoms with Crippen LogP contribution in [0.3, 0.4) is 0 Å². The summed E-state index contributed by atoms with van der Waals surface area (Å²) < 4.78 is 0. The van der Waals surface area contributed by atoms with Crippen molar-refractivity contribution >= 4 is 22.4 Å². The Labute approximate surface area is 114 Å². The zero-order valence-corrected chi connectivity index (χ0v) is 11.1. The topological polar surface area (TPSA) is 82.5 Å². The normalized spacial score (nSPS) is 12.1. The Hall–Kier alpha value is -1.92. The van der Waals surface area contributed by atoms with E-state index in [1.165, 1.54) is 11.3 Å². The standard InChI is InChI=1S/C13H14N2O3S/c1-8(16)11-7-19-13(14-11)15-12(18)6-9-3-2-4-10(17)5-9/h2-5,7-8,16-17H,6H2,1H3,(H,14,15,18). The summed E-state index contributed by atoms with van der Waals surface area (Å²) in [4.78, 5) is 15.9. The second-order valence-electron chi connectivity index (χ2n) is 4.15. The van der Waals surface area contributed by atoms with E-state index in [9.17, 15) is 15.0 Å². The molecule has 0 fully saturated rings. The van der Waals surface area contributed by atoms with E-state index >= 15 is 0 Å². The first-order valence-corrected chi connectivity index (χ1v) is 6.64. The third kappa shape index (κ3) is 3.77. The summed E-state index contributed by atoms with van der Waals surface area (Å²) in [5.74, 6) is -0.0759. The number of rotatable bonds is 4. The molecular weight excluding hydrogens is 264 g/mol. The van der Waals surface area contributed by atoms with Crippen LogP contribution >= 0.6 is 11.3 Å². The number of nitrogens with one attached hydrogen (secondary N) is 1. The molecule has 0 aliphatic heterocycles. The van der Waals surface area contributed by atoms with E-state index in [-0.39, 0.29) is 18.1 Å². The molecule has 0 saturated carbocycles. The molecule has 0 bridgehead atoms. The smallest absolute Gasteiger partial charge is 0.230 e. The van der Waals surface area contributed by atoms with Crippen molar-refractivity contribution in [1.29, 1.82) is 0 Å². The van der Waals surface area contributed by atoms with Crippen molar-refractivity contribution in [1.82, 2.24) is 4.98 Å². The predicted molar refractivity (Wildman–Crippen MR) is 73.2 cm³/mol. The molecule has 6 heteroatoms. The first-order chi connectivity index (χ1) is 9.04. The van der Waals surface area contributed by atoms with E-state index in [4.69, 9.17) is 0 Å². The Balaban J connectivity index is 1.97. The first kappa shape index (κ1) is 13.5. The molecule has 100 valence electrons. The molecule has 0 saturated heterocycles. The second kappa shape index (κ2) is 5.81. The van der Waals surface area contributed by atoms with Gasteiger partial charge < -0.3 is 15.5 Å². The van der Waals surface area contributed by atoms with Crippen LogP contribution in [0.15, 0.2) is 29.6 Å². The molecule has 1 aromatic heterocycles. The average Bonchev–Trinajstić information content (AvgIpc) is 2.77. The maximum absolute atomic E-state index is 11.8. The number of hydrogen-bond acceptors (Lipinski definition) is 5. The molecule has 1 atom stereocenters. The number of amides is 1. The van der Waals surface area contributed by atoms with Gasteiger partial charge in [-0.2, -0.15) is 0 Å². The van der Waals surface area contributed by atoms with Crippen molar-refractivity contribution in [3.05, 3.63) is 40.9 Å². The largest absolute Gasteiger partial charge is 0.508 e. The van der Waals surface area contributed by atoms with Gasteiger partial charge in [0.05, 0.1) is 18.2 Å². The minimum atomic E-state index is -0.645. The van der Waals surface area contributed by atoms with Gasteiger partial charge >= 0.3 is 0 Å². The molecule has 0 aliphatic carbocycles. The van der Waals surface area contributed by atoms with Gasteiger partial charge in [-0.25, -0.2) is 4.98 Å². The molecule has 1 heterocycles. The summed E-state index contributed by atoms with van der Waals surface area (Å²) in [6, 6.07) is 6.55. The summed E-state index contributed by atoms with van der Waals surface area (Å²) >= 11 is 1.27. The highest BCUT2D eigenvalue weighted by atomic mass is 32.1. The first-order valence-electron chi connectivity index (χ1n) is 5.76. The zero-order chi connectivity index (χ0) is 13.8. The minimum Gasteiger partial charge on any atom is -0.508 e. The Morgan fingerprint density at radius 1 is 1.53 bits per heavy atom. The Bertz CT molecular complexity index is 581. The average molecular weight is 278 g/mol. The molecule has 1 aromatic carbocycles. The fourth-order valence-corrected chi connectivity index (χ4v) is 2.36. The molecule has 0 aliphatic rings. The van der Waals surface area contributed by atoms with E-state index in [0.717, 1.165) is 5.56 Å². The van der Waals surface area contributed by atoms with Crippen LogP contribution in [0.25, 0.3) is 0 Å². The summed E-state index contributed by atoms with van der Waals surface area (Å²) in [7, 11) is 0. The number of phenolic OH excluding ortho intramolecular Hbond substituents is 1. The highest BCUT2D eigenvalue weighted by molar-refractivity contribution is 7.13. The molecular formula is C13H14N2O3S. The molecule has 1 unspecified atom stereocenters. The van der Waals surface area contributed by atoms with Crippen LogP contribution in [0, 0.1) is 0 Å². The number of carbonyl (C=O) groups is 1. The van der Waals surface area contributed by atoms with Crippen LogP contribution in [-0.2, 0) is 11.2 Å². The maximum atomic E-state index is 11.8. The van der Waals surface area contributed by atoms with Gasteiger partial charge in [0, 0.05) is 5.38 Å². The maximum Gasteiger partial charge on any atom is 0.230 e. The minimum absolute atomic E-state index is 0.135. The third-order valence-corrected chi connectivity index (χ3v) is 3.25. The van der Waals surface area contributed by atoms with Gasteiger partial charge in [-0.05, 0) is 24.6 Å². The van der Waals surface area contributed by atoms with Gasteiger partial charge in [0.15, 0.2) is 5.13 Å². The van der Waals surface area contributed by atoms with E-state index in [1.807, 2.05) is 0 Å². The van der Waals surface area contributed by atoms with Crippen LogP contribution in [0.2, 0.25) is 0 Å². The van der Waals surface area contributed by atoms with Gasteiger partial charge in [0.2, 0.25) is 5.91 Å². The number of aliphatic hydroxyl groups excluding tert-OH is 1. The monoisotopic (exact) mass is 278 g/mol. The number of hydrogen-bond donors (Lipinski definition) is 3. The second-order valence-corrected chi connectivity index (χ2v) is 5.01. The number of aromatic hydroxyl groups is 1. The van der Waals surface area contributed by atoms with E-state index in [1.54, 1.807) is 36.6 Å². The van der Waals surface area contributed by atoms with Crippen molar-refractivity contribution in [2.45, 2.75) is 19.4 Å². The highest BCUT2D eigenvalue weighted by Gasteiger charge is 2.10. The molecule has 3 N–H and O–H groups in total. The summed E-state index contributed by atoms with van der Waals surface area (Å²) in [5.41, 5.74) is 1.27. The Morgan fingerprint density at radius 2 is 2.32 bits per heavy atom. The van der Waals surface area contributed by atoms with Crippen LogP contribution in [0.1, 0.15) is 24.3 Å². The third-order valence-electron chi connectivity index (χ3n) is 2.47. The molecule has 0 spiro atoms. The molecule has 1 amide bonds. The van der Waals surface area contributed by atoms with Crippen LogP contribution in [0.5, 0.6) is 5.75 Å². The lowest BCUT2D eigenvalue weighted by atomic mass is 10.1. The molecule has 2 aromatic rings. The van der Waals surface area contributed by atoms with Crippen molar-refractivity contribution in [2.24, 2.45) is 0 Å². The van der Waals surface area contributed by atoms with Crippen molar-refractivity contribution < 1.29 is 15.0 Å². The lowest BCUT2D eigenvalue weighted by Gasteiger charge is -2.03. The summed E-state index contributed by atoms with van der Waals surface area (Å²) in [6.07, 6.45) is -0.481.